The summed E-state index contributed by atoms with van der Waals surface area (Å²) in [4.78, 5) is 21.3. The molecular formula is C25H14BrClN4O2. The van der Waals surface area contributed by atoms with Crippen LogP contribution in [0.5, 0.6) is 0 Å². The topological polar surface area (TPSA) is 76.2 Å². The molecule has 8 heteroatoms. The van der Waals surface area contributed by atoms with Gasteiger partial charge in [-0.15, -0.1) is 0 Å². The first kappa shape index (κ1) is 20.0. The molecule has 0 unspecified atom stereocenters. The van der Waals surface area contributed by atoms with Gasteiger partial charge in [0.05, 0.1) is 17.1 Å². The summed E-state index contributed by atoms with van der Waals surface area (Å²) in [5.41, 5.74) is 2.74. The predicted octanol–water partition coefficient (Wildman–Crippen LogP) is 6.59. The molecule has 0 spiro atoms. The summed E-state index contributed by atoms with van der Waals surface area (Å²) >= 11 is 9.64. The number of hydrogen-bond acceptors (Lipinski definition) is 4. The molecule has 0 aliphatic rings. The number of para-hydroxylation sites is 1. The van der Waals surface area contributed by atoms with E-state index in [2.05, 4.69) is 26.0 Å². The molecular weight excluding hydrogens is 504 g/mol. The third-order valence-corrected chi connectivity index (χ3v) is 6.17. The van der Waals surface area contributed by atoms with Gasteiger partial charge in [0.25, 0.3) is 5.56 Å². The highest BCUT2D eigenvalue weighted by atomic mass is 79.9. The molecule has 3 aromatic carbocycles. The maximum absolute atomic E-state index is 13.4. The monoisotopic (exact) mass is 516 g/mol. The van der Waals surface area contributed by atoms with Crippen molar-refractivity contribution in [3.63, 3.8) is 0 Å². The van der Waals surface area contributed by atoms with Gasteiger partial charge >= 0.3 is 0 Å². The Kier molecular flexibility index (Phi) is 4.67. The molecule has 3 aromatic heterocycles. The second-order valence-corrected chi connectivity index (χ2v) is 8.89. The fraction of sp³-hybridized carbons (Fsp3) is 0. The summed E-state index contributed by atoms with van der Waals surface area (Å²) < 4.78 is 8.24. The molecule has 160 valence electrons. The van der Waals surface area contributed by atoms with Gasteiger partial charge in [0, 0.05) is 37.5 Å². The summed E-state index contributed by atoms with van der Waals surface area (Å²) in [7, 11) is 0. The van der Waals surface area contributed by atoms with Crippen LogP contribution in [0.25, 0.3) is 44.4 Å². The SMILES string of the molecule is O=c1c2ccccc2nc(-c2cc3cc(Cl)ccc3o2)n1N=Cc1c[nH]c2ccc(Br)cc12. The number of fused-ring (bicyclic) bond motifs is 3. The van der Waals surface area contributed by atoms with Gasteiger partial charge in [-0.2, -0.15) is 9.78 Å². The molecule has 0 fully saturated rings. The number of aromatic nitrogens is 3. The van der Waals surface area contributed by atoms with Crippen molar-refractivity contribution in [2.24, 2.45) is 5.10 Å². The largest absolute Gasteiger partial charge is 0.453 e. The lowest BCUT2D eigenvalue weighted by molar-refractivity contribution is 0.616. The zero-order valence-electron chi connectivity index (χ0n) is 16.9. The average molecular weight is 518 g/mol. The highest BCUT2D eigenvalue weighted by Crippen LogP contribution is 2.29. The molecule has 0 saturated carbocycles. The Balaban J connectivity index is 1.58. The van der Waals surface area contributed by atoms with E-state index < -0.39 is 0 Å². The van der Waals surface area contributed by atoms with Crippen LogP contribution >= 0.6 is 27.5 Å². The van der Waals surface area contributed by atoms with Crippen molar-refractivity contribution in [2.75, 3.05) is 0 Å². The summed E-state index contributed by atoms with van der Waals surface area (Å²) in [6.45, 7) is 0. The van der Waals surface area contributed by atoms with Gasteiger partial charge in [-0.3, -0.25) is 4.79 Å². The molecule has 33 heavy (non-hydrogen) atoms. The molecule has 0 saturated heterocycles. The highest BCUT2D eigenvalue weighted by Gasteiger charge is 2.16. The standard InChI is InChI=1S/C25H14BrClN4O2/c26-16-5-7-20-19(11-16)15(12-28-20)13-29-31-24(30-21-4-2-1-3-18(21)25(31)32)23-10-14-9-17(27)6-8-22(14)33-23/h1-13,28H. The Morgan fingerprint density at radius 3 is 2.85 bits per heavy atom. The van der Waals surface area contributed by atoms with Crippen molar-refractivity contribution >= 4 is 66.5 Å². The second kappa shape index (κ2) is 7.72. The summed E-state index contributed by atoms with van der Waals surface area (Å²) in [6, 6.07) is 20.3. The molecule has 0 aliphatic heterocycles. The van der Waals surface area contributed by atoms with E-state index in [0.29, 0.717) is 33.1 Å². The molecule has 1 N–H and O–H groups in total. The zero-order valence-corrected chi connectivity index (χ0v) is 19.3. The fourth-order valence-electron chi connectivity index (χ4n) is 3.86. The maximum atomic E-state index is 13.4. The molecule has 0 bridgehead atoms. The van der Waals surface area contributed by atoms with Crippen molar-refractivity contribution < 1.29 is 4.42 Å². The minimum absolute atomic E-state index is 0.286. The lowest BCUT2D eigenvalue weighted by atomic mass is 10.2. The van der Waals surface area contributed by atoms with Gasteiger partial charge in [-0.05, 0) is 54.6 Å². The minimum atomic E-state index is -0.286. The number of halogens is 2. The number of H-pyrrole nitrogens is 1. The van der Waals surface area contributed by atoms with Crippen molar-refractivity contribution in [3.8, 4) is 11.6 Å². The van der Waals surface area contributed by atoms with E-state index in [1.165, 1.54) is 4.68 Å². The Hall–Kier alpha value is -3.68. The van der Waals surface area contributed by atoms with E-state index in [1.54, 1.807) is 42.6 Å². The molecule has 0 radical (unpaired) electrons. The van der Waals surface area contributed by atoms with Crippen LogP contribution in [0.4, 0.5) is 0 Å². The third-order valence-electron chi connectivity index (χ3n) is 5.44. The van der Waals surface area contributed by atoms with Gasteiger partial charge in [0.1, 0.15) is 5.58 Å². The molecule has 6 nitrogen and oxygen atoms in total. The lowest BCUT2D eigenvalue weighted by Gasteiger charge is -2.07. The van der Waals surface area contributed by atoms with Gasteiger partial charge in [-0.1, -0.05) is 39.7 Å². The third kappa shape index (κ3) is 3.46. The maximum Gasteiger partial charge on any atom is 0.282 e. The quantitative estimate of drug-likeness (QED) is 0.269. The van der Waals surface area contributed by atoms with Crippen LogP contribution in [0.2, 0.25) is 5.02 Å². The van der Waals surface area contributed by atoms with E-state index in [9.17, 15) is 4.79 Å². The van der Waals surface area contributed by atoms with Crippen LogP contribution < -0.4 is 5.56 Å². The van der Waals surface area contributed by atoms with E-state index in [4.69, 9.17) is 21.0 Å². The van der Waals surface area contributed by atoms with Gasteiger partial charge in [0.15, 0.2) is 5.76 Å². The molecule has 0 atom stereocenters. The van der Waals surface area contributed by atoms with Crippen LogP contribution in [0, 0.1) is 0 Å². The molecule has 6 aromatic rings. The van der Waals surface area contributed by atoms with Crippen molar-refractivity contribution in [1.29, 1.82) is 0 Å². The summed E-state index contributed by atoms with van der Waals surface area (Å²) in [6.07, 6.45) is 3.50. The first-order valence-corrected chi connectivity index (χ1v) is 11.3. The lowest BCUT2D eigenvalue weighted by Crippen LogP contribution is -2.20. The Morgan fingerprint density at radius 2 is 1.94 bits per heavy atom. The van der Waals surface area contributed by atoms with Crippen LogP contribution in [0.1, 0.15) is 5.56 Å². The van der Waals surface area contributed by atoms with Gasteiger partial charge in [0.2, 0.25) is 5.82 Å². The molecule has 6 rings (SSSR count). The van der Waals surface area contributed by atoms with Crippen molar-refractivity contribution in [1.82, 2.24) is 14.6 Å². The number of hydrogen-bond donors (Lipinski definition) is 1. The second-order valence-electron chi connectivity index (χ2n) is 7.54. The predicted molar refractivity (Wildman–Crippen MR) is 135 cm³/mol. The highest BCUT2D eigenvalue weighted by molar-refractivity contribution is 9.10. The normalized spacial score (nSPS) is 11.9. The van der Waals surface area contributed by atoms with Crippen LogP contribution in [0.3, 0.4) is 0 Å². The zero-order chi connectivity index (χ0) is 22.5. The van der Waals surface area contributed by atoms with Crippen LogP contribution in [0.15, 0.2) is 91.7 Å². The first-order chi connectivity index (χ1) is 16.1. The summed E-state index contributed by atoms with van der Waals surface area (Å²) in [5, 5.41) is 7.41. The number of benzene rings is 3. The average Bonchev–Trinajstić information content (AvgIpc) is 3.41. The smallest absolute Gasteiger partial charge is 0.282 e. The Bertz CT molecular complexity index is 1780. The first-order valence-electron chi connectivity index (χ1n) is 10.1. The number of aromatic amines is 1. The molecule has 3 heterocycles. The van der Waals surface area contributed by atoms with E-state index in [-0.39, 0.29) is 5.56 Å². The van der Waals surface area contributed by atoms with Crippen molar-refractivity contribution in [3.05, 3.63) is 98.3 Å². The minimum Gasteiger partial charge on any atom is -0.453 e. The van der Waals surface area contributed by atoms with Crippen molar-refractivity contribution in [2.45, 2.75) is 0 Å². The molecule has 0 amide bonds. The number of rotatable bonds is 3. The summed E-state index contributed by atoms with van der Waals surface area (Å²) in [5.74, 6) is 0.734. The number of nitrogens with one attached hydrogen (secondary N) is 1. The van der Waals surface area contributed by atoms with Gasteiger partial charge in [-0.25, -0.2) is 4.98 Å². The van der Waals surface area contributed by atoms with E-state index in [1.807, 2.05) is 36.5 Å². The van der Waals surface area contributed by atoms with Crippen LogP contribution in [-0.4, -0.2) is 20.9 Å². The fourth-order valence-corrected chi connectivity index (χ4v) is 4.40. The van der Waals surface area contributed by atoms with Crippen LogP contribution in [-0.2, 0) is 0 Å². The van der Waals surface area contributed by atoms with E-state index in [0.717, 1.165) is 26.3 Å². The Labute approximate surface area is 200 Å². The van der Waals surface area contributed by atoms with E-state index >= 15 is 0 Å². The molecule has 0 aliphatic carbocycles. The van der Waals surface area contributed by atoms with Gasteiger partial charge < -0.3 is 9.40 Å². The Morgan fingerprint density at radius 1 is 1.06 bits per heavy atom. The number of nitrogens with zero attached hydrogens (tertiary/aromatic N) is 3. The number of furan rings is 1.